The highest BCUT2D eigenvalue weighted by atomic mass is 16.2. The fourth-order valence-corrected chi connectivity index (χ4v) is 6.15. The molecule has 42 heavy (non-hydrogen) atoms. The van der Waals surface area contributed by atoms with Gasteiger partial charge in [0.15, 0.2) is 0 Å². The summed E-state index contributed by atoms with van der Waals surface area (Å²) in [6.07, 6.45) is 7.13. The van der Waals surface area contributed by atoms with Crippen molar-refractivity contribution >= 4 is 39.3 Å². The maximum Gasteiger partial charge on any atom is 0.268 e. The van der Waals surface area contributed by atoms with E-state index in [-0.39, 0.29) is 11.8 Å². The predicted molar refractivity (Wildman–Crippen MR) is 165 cm³/mol. The van der Waals surface area contributed by atoms with Gasteiger partial charge in [-0.15, -0.1) is 0 Å². The maximum atomic E-state index is 14.2. The summed E-state index contributed by atoms with van der Waals surface area (Å²) in [6, 6.07) is 35.1. The second-order valence-corrected chi connectivity index (χ2v) is 10.2. The molecule has 0 spiro atoms. The van der Waals surface area contributed by atoms with Crippen LogP contribution in [0.1, 0.15) is 20.7 Å². The topological polar surface area (TPSA) is 68.1 Å². The van der Waals surface area contributed by atoms with Gasteiger partial charge in [0.05, 0.1) is 33.5 Å². The molecule has 1 aliphatic rings. The highest BCUT2D eigenvalue weighted by Crippen LogP contribution is 2.43. The Morgan fingerprint density at radius 3 is 1.57 bits per heavy atom. The Balaban J connectivity index is 1.51. The molecule has 4 heterocycles. The van der Waals surface area contributed by atoms with Gasteiger partial charge in [-0.3, -0.25) is 19.6 Å². The lowest BCUT2D eigenvalue weighted by Gasteiger charge is -2.16. The van der Waals surface area contributed by atoms with Crippen molar-refractivity contribution in [2.45, 2.75) is 0 Å². The summed E-state index contributed by atoms with van der Waals surface area (Å²) >= 11 is 0. The molecule has 0 radical (unpaired) electrons. The van der Waals surface area contributed by atoms with Gasteiger partial charge in [0.2, 0.25) is 0 Å². The van der Waals surface area contributed by atoms with Gasteiger partial charge in [0.25, 0.3) is 11.8 Å². The van der Waals surface area contributed by atoms with Crippen molar-refractivity contribution < 1.29 is 9.59 Å². The van der Waals surface area contributed by atoms with Crippen LogP contribution in [0.2, 0.25) is 0 Å². The van der Waals surface area contributed by atoms with Crippen LogP contribution in [0.4, 0.5) is 5.69 Å². The van der Waals surface area contributed by atoms with E-state index in [4.69, 9.17) is 0 Å². The fraction of sp³-hybridized carbons (Fsp3) is 0. The third kappa shape index (κ3) is 3.45. The first-order chi connectivity index (χ1) is 20.7. The highest BCUT2D eigenvalue weighted by molar-refractivity contribution is 6.36. The van der Waals surface area contributed by atoms with Gasteiger partial charge in [-0.2, -0.15) is 0 Å². The Labute approximate surface area is 241 Å². The minimum Gasteiger partial charge on any atom is -0.307 e. The molecule has 1 aliphatic heterocycles. The number of nitrogens with zero attached hydrogens (tertiary/aromatic N) is 4. The Kier molecular flexibility index (Phi) is 5.34. The van der Waals surface area contributed by atoms with Gasteiger partial charge in [-0.25, -0.2) is 4.90 Å². The van der Waals surface area contributed by atoms with Crippen molar-refractivity contribution in [2.75, 3.05) is 4.90 Å². The molecule has 0 aliphatic carbocycles. The van der Waals surface area contributed by atoms with Gasteiger partial charge in [-0.1, -0.05) is 60.7 Å². The first-order valence-electron chi connectivity index (χ1n) is 13.7. The van der Waals surface area contributed by atoms with E-state index >= 15 is 0 Å². The number of carbonyl (C=O) groups excluding carboxylic acids is 2. The fourth-order valence-electron chi connectivity index (χ4n) is 6.15. The molecule has 0 bridgehead atoms. The van der Waals surface area contributed by atoms with Gasteiger partial charge in [0.1, 0.15) is 0 Å². The van der Waals surface area contributed by atoms with E-state index in [1.807, 2.05) is 54.6 Å². The molecule has 0 unspecified atom stereocenters. The highest BCUT2D eigenvalue weighted by Gasteiger charge is 2.39. The van der Waals surface area contributed by atoms with Crippen LogP contribution in [0.3, 0.4) is 0 Å². The van der Waals surface area contributed by atoms with Crippen molar-refractivity contribution in [1.29, 1.82) is 0 Å². The summed E-state index contributed by atoms with van der Waals surface area (Å²) in [6.45, 7) is 0. The molecule has 0 N–H and O–H groups in total. The number of hydrogen-bond donors (Lipinski definition) is 0. The third-order valence-corrected chi connectivity index (χ3v) is 7.94. The molecule has 6 nitrogen and oxygen atoms in total. The molecule has 7 aromatic rings. The monoisotopic (exact) mass is 542 g/mol. The zero-order valence-corrected chi connectivity index (χ0v) is 22.3. The number of imide groups is 1. The number of hydrogen-bond acceptors (Lipinski definition) is 4. The van der Waals surface area contributed by atoms with Crippen LogP contribution in [0.15, 0.2) is 134 Å². The molecule has 6 heteroatoms. The van der Waals surface area contributed by atoms with Crippen LogP contribution in [0.25, 0.3) is 49.7 Å². The Morgan fingerprint density at radius 2 is 1.00 bits per heavy atom. The number of rotatable bonds is 4. The van der Waals surface area contributed by atoms with Crippen LogP contribution in [0.5, 0.6) is 0 Å². The summed E-state index contributed by atoms with van der Waals surface area (Å²) in [5.74, 6) is -0.665. The minimum absolute atomic E-state index is 0.326. The third-order valence-electron chi connectivity index (χ3n) is 7.94. The average Bonchev–Trinajstić information content (AvgIpc) is 3.53. The van der Waals surface area contributed by atoms with Crippen molar-refractivity contribution in [1.82, 2.24) is 14.5 Å². The maximum absolute atomic E-state index is 14.2. The second kappa shape index (κ2) is 9.35. The number of pyridine rings is 2. The number of carbonyl (C=O) groups is 2. The first kappa shape index (κ1) is 24.0. The molecular formula is C36H22N4O2. The molecule has 4 aromatic carbocycles. The number of anilines is 1. The van der Waals surface area contributed by atoms with E-state index in [1.165, 1.54) is 4.90 Å². The summed E-state index contributed by atoms with van der Waals surface area (Å²) < 4.78 is 2.16. The normalized spacial score (nSPS) is 12.8. The van der Waals surface area contributed by atoms with Crippen LogP contribution >= 0.6 is 0 Å². The average molecular weight is 543 g/mol. The number of benzene rings is 4. The van der Waals surface area contributed by atoms with Gasteiger partial charge < -0.3 is 4.57 Å². The molecule has 0 atom stereocenters. The standard InChI is InChI=1S/C36H22N4O2/c41-35-30-13-6-14-31(32(30)36(42)39(35)25-7-2-1-3-8-25)40-33-26(23-15-19-37-20-16-23)9-4-11-28(33)29-12-5-10-27(34(29)40)24-17-21-38-22-18-24/h1-22H. The van der Waals surface area contributed by atoms with Crippen LogP contribution in [-0.4, -0.2) is 26.3 Å². The lowest BCUT2D eigenvalue weighted by atomic mass is 10.0. The van der Waals surface area contributed by atoms with E-state index < -0.39 is 0 Å². The van der Waals surface area contributed by atoms with Crippen LogP contribution < -0.4 is 4.90 Å². The first-order valence-corrected chi connectivity index (χ1v) is 13.7. The lowest BCUT2D eigenvalue weighted by molar-refractivity contribution is 0.0926. The van der Waals surface area contributed by atoms with E-state index in [0.29, 0.717) is 22.5 Å². The van der Waals surface area contributed by atoms with Crippen LogP contribution in [-0.2, 0) is 0 Å². The Morgan fingerprint density at radius 1 is 0.476 bits per heavy atom. The number of aromatic nitrogens is 3. The minimum atomic E-state index is -0.338. The molecule has 3 aromatic heterocycles. The zero-order chi connectivity index (χ0) is 28.2. The molecule has 0 saturated carbocycles. The number of para-hydroxylation sites is 3. The Hall–Kier alpha value is -5.88. The van der Waals surface area contributed by atoms with Gasteiger partial charge in [0, 0.05) is 46.7 Å². The number of fused-ring (bicyclic) bond motifs is 4. The molecule has 8 rings (SSSR count). The second-order valence-electron chi connectivity index (χ2n) is 10.2. The summed E-state index contributed by atoms with van der Waals surface area (Å²) in [4.78, 5) is 37.6. The largest absolute Gasteiger partial charge is 0.307 e. The summed E-state index contributed by atoms with van der Waals surface area (Å²) in [5.41, 5.74) is 7.90. The molecule has 198 valence electrons. The van der Waals surface area contributed by atoms with Gasteiger partial charge >= 0.3 is 0 Å². The molecule has 2 amide bonds. The van der Waals surface area contributed by atoms with E-state index in [0.717, 1.165) is 44.1 Å². The van der Waals surface area contributed by atoms with Crippen molar-refractivity contribution in [3.8, 4) is 27.9 Å². The van der Waals surface area contributed by atoms with E-state index in [2.05, 4.69) is 50.9 Å². The summed E-state index contributed by atoms with van der Waals surface area (Å²) in [5, 5.41) is 2.09. The quantitative estimate of drug-likeness (QED) is 0.214. The van der Waals surface area contributed by atoms with E-state index in [1.54, 1.807) is 43.0 Å². The van der Waals surface area contributed by atoms with E-state index in [9.17, 15) is 9.59 Å². The summed E-state index contributed by atoms with van der Waals surface area (Å²) in [7, 11) is 0. The van der Waals surface area contributed by atoms with Crippen molar-refractivity contribution in [3.63, 3.8) is 0 Å². The SMILES string of the molecule is O=C1c2cccc(-n3c4c(-c5ccncc5)cccc4c4cccc(-c5ccncc5)c43)c2C(=O)N1c1ccccc1. The smallest absolute Gasteiger partial charge is 0.268 e. The van der Waals surface area contributed by atoms with Crippen molar-refractivity contribution in [3.05, 3.63) is 145 Å². The number of amides is 2. The van der Waals surface area contributed by atoms with Crippen LogP contribution in [0, 0.1) is 0 Å². The van der Waals surface area contributed by atoms with Gasteiger partial charge in [-0.05, 0) is 59.7 Å². The molecule has 0 saturated heterocycles. The lowest BCUT2D eigenvalue weighted by Crippen LogP contribution is -2.29. The predicted octanol–water partition coefficient (Wildman–Crippen LogP) is 7.71. The molecule has 0 fully saturated rings. The molecular weight excluding hydrogens is 520 g/mol. The Bertz CT molecular complexity index is 2080. The zero-order valence-electron chi connectivity index (χ0n) is 22.3. The van der Waals surface area contributed by atoms with Crippen molar-refractivity contribution in [2.24, 2.45) is 0 Å².